The molecule has 2 heterocycles. The number of rotatable bonds is 5. The number of hydrogen-bond donors (Lipinski definition) is 1. The maximum Gasteiger partial charge on any atom is 0.234 e. The number of nitrogens with one attached hydrogen (secondary N) is 1. The van der Waals surface area contributed by atoms with Crippen LogP contribution in [0, 0.1) is 0 Å². The monoisotopic (exact) mass is 297 g/mol. The van der Waals surface area contributed by atoms with Gasteiger partial charge in [0.25, 0.3) is 0 Å². The average Bonchev–Trinajstić information content (AvgIpc) is 2.37. The highest BCUT2D eigenvalue weighted by atomic mass is 35.5. The molecule has 0 unspecified atom stereocenters. The highest BCUT2D eigenvalue weighted by Crippen LogP contribution is 2.11. The van der Waals surface area contributed by atoms with Crippen LogP contribution in [0.5, 0.6) is 0 Å². The van der Waals surface area contributed by atoms with Gasteiger partial charge in [0.05, 0.1) is 5.75 Å². The molecule has 0 amide bonds. The Kier molecular flexibility index (Phi) is 4.34. The first-order valence-electron chi connectivity index (χ1n) is 5.57. The Morgan fingerprint density at radius 3 is 2.58 bits per heavy atom. The lowest BCUT2D eigenvalue weighted by Gasteiger charge is -2.07. The van der Waals surface area contributed by atoms with Gasteiger partial charge in [0.1, 0.15) is 11.0 Å². The van der Waals surface area contributed by atoms with Crippen LogP contribution in [-0.2, 0) is 16.4 Å². The van der Waals surface area contributed by atoms with E-state index < -0.39 is 10.0 Å². The fourth-order valence-electron chi connectivity index (χ4n) is 1.48. The van der Waals surface area contributed by atoms with Crippen molar-refractivity contribution in [1.82, 2.24) is 9.97 Å². The van der Waals surface area contributed by atoms with Crippen molar-refractivity contribution in [2.75, 3.05) is 10.5 Å². The molecule has 7 heteroatoms. The fraction of sp³-hybridized carbons (Fsp3) is 0.167. The van der Waals surface area contributed by atoms with Gasteiger partial charge in [-0.05, 0) is 36.2 Å². The van der Waals surface area contributed by atoms with Gasteiger partial charge in [0.15, 0.2) is 0 Å². The molecule has 0 bridgehead atoms. The van der Waals surface area contributed by atoms with E-state index in [0.717, 1.165) is 5.56 Å². The van der Waals surface area contributed by atoms with Crippen molar-refractivity contribution in [3.05, 3.63) is 53.4 Å². The van der Waals surface area contributed by atoms with Gasteiger partial charge >= 0.3 is 0 Å². The molecule has 0 aromatic carbocycles. The lowest BCUT2D eigenvalue weighted by molar-refractivity contribution is 0.600. The molecule has 0 spiro atoms. The molecular formula is C12H12ClN3O2S. The highest BCUT2D eigenvalue weighted by Gasteiger charge is 2.11. The molecule has 0 aliphatic heterocycles. The van der Waals surface area contributed by atoms with Crippen molar-refractivity contribution in [2.24, 2.45) is 0 Å². The quantitative estimate of drug-likeness (QED) is 0.858. The molecule has 0 aliphatic rings. The molecule has 0 saturated carbocycles. The van der Waals surface area contributed by atoms with Crippen molar-refractivity contribution in [3.8, 4) is 0 Å². The van der Waals surface area contributed by atoms with E-state index >= 15 is 0 Å². The predicted molar refractivity (Wildman–Crippen MR) is 74.6 cm³/mol. The fourth-order valence-corrected chi connectivity index (χ4v) is 2.68. The third-order valence-corrected chi connectivity index (χ3v) is 3.86. The van der Waals surface area contributed by atoms with E-state index in [9.17, 15) is 8.42 Å². The van der Waals surface area contributed by atoms with Crippen molar-refractivity contribution in [2.45, 2.75) is 6.42 Å². The molecule has 0 radical (unpaired) electrons. The lowest BCUT2D eigenvalue weighted by atomic mass is 10.2. The maximum atomic E-state index is 11.9. The number of hydrogen-bond acceptors (Lipinski definition) is 4. The van der Waals surface area contributed by atoms with Gasteiger partial charge < -0.3 is 0 Å². The maximum absolute atomic E-state index is 11.9. The Morgan fingerprint density at radius 2 is 1.89 bits per heavy atom. The number of nitrogens with zero attached hydrogens (tertiary/aromatic N) is 2. The van der Waals surface area contributed by atoms with Crippen molar-refractivity contribution in [3.63, 3.8) is 0 Å². The van der Waals surface area contributed by atoms with E-state index in [4.69, 9.17) is 11.6 Å². The first kappa shape index (κ1) is 13.8. The van der Waals surface area contributed by atoms with Gasteiger partial charge in [-0.25, -0.2) is 13.4 Å². The zero-order valence-corrected chi connectivity index (χ0v) is 11.5. The zero-order valence-electron chi connectivity index (χ0n) is 9.95. The minimum Gasteiger partial charge on any atom is -0.267 e. The molecule has 2 rings (SSSR count). The largest absolute Gasteiger partial charge is 0.267 e. The summed E-state index contributed by atoms with van der Waals surface area (Å²) in [4.78, 5) is 7.76. The first-order chi connectivity index (χ1) is 9.05. The predicted octanol–water partition coefficient (Wildman–Crippen LogP) is 2.11. The topological polar surface area (TPSA) is 72.0 Å². The minimum absolute atomic E-state index is 0.0226. The van der Waals surface area contributed by atoms with Gasteiger partial charge in [0.2, 0.25) is 10.0 Å². The van der Waals surface area contributed by atoms with Crippen molar-refractivity contribution in [1.29, 1.82) is 0 Å². The second-order valence-corrected chi connectivity index (χ2v) is 6.10. The molecule has 2 aromatic rings. The van der Waals surface area contributed by atoms with E-state index in [-0.39, 0.29) is 16.7 Å². The summed E-state index contributed by atoms with van der Waals surface area (Å²) in [6.45, 7) is 0. The van der Waals surface area contributed by atoms with E-state index in [2.05, 4.69) is 14.7 Å². The molecule has 2 aromatic heterocycles. The molecule has 0 saturated heterocycles. The van der Waals surface area contributed by atoms with Gasteiger partial charge in [0, 0.05) is 12.4 Å². The summed E-state index contributed by atoms with van der Waals surface area (Å²) in [6, 6.07) is 8.34. The summed E-state index contributed by atoms with van der Waals surface area (Å²) in [5, 5.41) is 0.245. The van der Waals surface area contributed by atoms with Gasteiger partial charge in [-0.15, -0.1) is 0 Å². The van der Waals surface area contributed by atoms with Crippen LogP contribution in [0.2, 0.25) is 5.15 Å². The summed E-state index contributed by atoms with van der Waals surface area (Å²) in [5.41, 5.74) is 0.916. The second kappa shape index (κ2) is 5.99. The molecule has 100 valence electrons. The Labute approximate surface area is 116 Å². The van der Waals surface area contributed by atoms with Crippen molar-refractivity contribution >= 4 is 27.4 Å². The first-order valence-corrected chi connectivity index (χ1v) is 7.60. The molecule has 0 aliphatic carbocycles. The number of anilines is 1. The number of sulfonamides is 1. The number of aryl methyl sites for hydroxylation is 1. The van der Waals surface area contributed by atoms with Crippen LogP contribution < -0.4 is 4.72 Å². The molecule has 0 atom stereocenters. The Balaban J connectivity index is 1.99. The van der Waals surface area contributed by atoms with Crippen LogP contribution in [0.3, 0.4) is 0 Å². The Bertz CT molecular complexity index is 647. The van der Waals surface area contributed by atoms with E-state index in [1.807, 2.05) is 0 Å². The normalized spacial score (nSPS) is 11.2. The van der Waals surface area contributed by atoms with Gasteiger partial charge in [-0.3, -0.25) is 9.71 Å². The zero-order chi connectivity index (χ0) is 13.7. The standard InChI is InChI=1S/C12H12ClN3O2S/c13-11-2-1-3-12(15-11)16-19(17,18)9-6-10-4-7-14-8-5-10/h1-5,7-8H,6,9H2,(H,15,16). The van der Waals surface area contributed by atoms with Crippen LogP contribution in [0.25, 0.3) is 0 Å². The highest BCUT2D eigenvalue weighted by molar-refractivity contribution is 7.92. The van der Waals surface area contributed by atoms with Crippen LogP contribution in [0.1, 0.15) is 5.56 Å². The van der Waals surface area contributed by atoms with Crippen LogP contribution in [0.4, 0.5) is 5.82 Å². The third-order valence-electron chi connectivity index (χ3n) is 2.38. The second-order valence-electron chi connectivity index (χ2n) is 3.87. The number of halogens is 1. The Hall–Kier alpha value is -1.66. The third kappa shape index (κ3) is 4.50. The SMILES string of the molecule is O=S(=O)(CCc1ccncc1)Nc1cccc(Cl)n1. The summed E-state index contributed by atoms with van der Waals surface area (Å²) in [5.74, 6) is 0.202. The summed E-state index contributed by atoms with van der Waals surface area (Å²) >= 11 is 5.69. The lowest BCUT2D eigenvalue weighted by Crippen LogP contribution is -2.18. The van der Waals surface area contributed by atoms with E-state index in [0.29, 0.717) is 6.42 Å². The van der Waals surface area contributed by atoms with Crippen LogP contribution in [-0.4, -0.2) is 24.1 Å². The minimum atomic E-state index is -3.44. The van der Waals surface area contributed by atoms with E-state index in [1.54, 1.807) is 42.7 Å². The summed E-state index contributed by atoms with van der Waals surface area (Å²) in [7, 11) is -3.44. The molecule has 0 fully saturated rings. The molecule has 5 nitrogen and oxygen atoms in total. The number of pyridine rings is 2. The van der Waals surface area contributed by atoms with Crippen LogP contribution in [0.15, 0.2) is 42.7 Å². The summed E-state index contributed by atoms with van der Waals surface area (Å²) < 4.78 is 26.1. The van der Waals surface area contributed by atoms with Crippen molar-refractivity contribution < 1.29 is 8.42 Å². The van der Waals surface area contributed by atoms with E-state index in [1.165, 1.54) is 0 Å². The van der Waals surface area contributed by atoms with Gasteiger partial charge in [-0.2, -0.15) is 0 Å². The van der Waals surface area contributed by atoms with Gasteiger partial charge in [-0.1, -0.05) is 17.7 Å². The summed E-state index contributed by atoms with van der Waals surface area (Å²) in [6.07, 6.45) is 3.68. The smallest absolute Gasteiger partial charge is 0.234 e. The molecule has 19 heavy (non-hydrogen) atoms. The molecule has 1 N–H and O–H groups in total. The van der Waals surface area contributed by atoms with Crippen LogP contribution >= 0.6 is 11.6 Å². The average molecular weight is 298 g/mol. The number of aromatic nitrogens is 2. The molecular weight excluding hydrogens is 286 g/mol. The Morgan fingerprint density at radius 1 is 1.16 bits per heavy atom.